The van der Waals surface area contributed by atoms with Crippen LogP contribution in [-0.2, 0) is 10.1 Å². The molecule has 0 spiro atoms. The molecule has 0 bridgehead atoms. The highest BCUT2D eigenvalue weighted by Gasteiger charge is 2.20. The predicted octanol–water partition coefficient (Wildman–Crippen LogP) is 7.08. The molecule has 0 aliphatic rings. The van der Waals surface area contributed by atoms with E-state index in [2.05, 4.69) is 15.5 Å². The second kappa shape index (κ2) is 10.3. The third-order valence-corrected chi connectivity index (χ3v) is 7.07. The molecule has 4 aromatic carbocycles. The average molecular weight is 560 g/mol. The van der Waals surface area contributed by atoms with Gasteiger partial charge in [0.05, 0.1) is 28.4 Å². The molecule has 0 aromatic heterocycles. The number of halogens is 2. The van der Waals surface area contributed by atoms with Crippen molar-refractivity contribution in [3.05, 3.63) is 81.8 Å². The summed E-state index contributed by atoms with van der Waals surface area (Å²) in [6.45, 7) is 1.56. The Kier molecular flexibility index (Phi) is 7.37. The van der Waals surface area contributed by atoms with Crippen LogP contribution in [0.25, 0.3) is 10.8 Å². The Bertz CT molecular complexity index is 1690. The largest absolute Gasteiger partial charge is 0.505 e. The smallest absolute Gasteiger partial charge is 0.296 e. The average Bonchev–Trinajstić information content (AvgIpc) is 2.85. The molecule has 0 radical (unpaired) electrons. The van der Waals surface area contributed by atoms with Crippen LogP contribution in [0.2, 0.25) is 10.0 Å². The number of carbonyl (C=O) groups excluding carboxylic acids is 1. The van der Waals surface area contributed by atoms with E-state index in [1.807, 2.05) is 0 Å². The van der Waals surface area contributed by atoms with E-state index in [4.69, 9.17) is 27.9 Å². The summed E-state index contributed by atoms with van der Waals surface area (Å²) in [5, 5.41) is 23.3. The quantitative estimate of drug-likeness (QED) is 0.170. The molecule has 3 N–H and O–H groups in total. The van der Waals surface area contributed by atoms with Gasteiger partial charge in [-0.05, 0) is 48.2 Å². The lowest BCUT2D eigenvalue weighted by Gasteiger charge is -2.12. The third-order valence-electron chi connectivity index (χ3n) is 5.43. The fraction of sp³-hybridized carbons (Fsp3) is 0.0800. The van der Waals surface area contributed by atoms with Crippen molar-refractivity contribution in [1.29, 1.82) is 0 Å². The minimum atomic E-state index is -4.53. The molecule has 9 nitrogen and oxygen atoms in total. The highest BCUT2D eigenvalue weighted by atomic mass is 35.5. The topological polar surface area (TPSA) is 138 Å². The van der Waals surface area contributed by atoms with Gasteiger partial charge in [0.25, 0.3) is 16.0 Å². The maximum Gasteiger partial charge on any atom is 0.296 e. The van der Waals surface area contributed by atoms with E-state index in [1.165, 1.54) is 19.2 Å². The Hall–Kier alpha value is -3.70. The maximum atomic E-state index is 13.1. The molecule has 0 saturated heterocycles. The van der Waals surface area contributed by atoms with Gasteiger partial charge in [-0.3, -0.25) is 9.35 Å². The van der Waals surface area contributed by atoms with Gasteiger partial charge >= 0.3 is 0 Å². The number of aryl methyl sites for hydroxylation is 1. The number of benzene rings is 4. The van der Waals surface area contributed by atoms with E-state index in [9.17, 15) is 22.9 Å². The molecule has 0 unspecified atom stereocenters. The molecule has 1 amide bonds. The summed E-state index contributed by atoms with van der Waals surface area (Å²) >= 11 is 12.1. The van der Waals surface area contributed by atoms with Crippen LogP contribution in [-0.4, -0.2) is 31.1 Å². The number of aromatic hydroxyl groups is 1. The summed E-state index contributed by atoms with van der Waals surface area (Å²) < 4.78 is 37.5. The molecule has 0 saturated carbocycles. The van der Waals surface area contributed by atoms with E-state index in [0.717, 1.165) is 6.07 Å². The lowest BCUT2D eigenvalue weighted by molar-refractivity contribution is 0.102. The van der Waals surface area contributed by atoms with Gasteiger partial charge in [-0.25, -0.2) is 0 Å². The van der Waals surface area contributed by atoms with Crippen LogP contribution in [0.15, 0.2) is 75.8 Å². The van der Waals surface area contributed by atoms with Gasteiger partial charge in [-0.2, -0.15) is 13.5 Å². The second-order valence-corrected chi connectivity index (χ2v) is 10.1. The summed E-state index contributed by atoms with van der Waals surface area (Å²) in [6.07, 6.45) is 0. The van der Waals surface area contributed by atoms with Crippen molar-refractivity contribution in [3.8, 4) is 11.5 Å². The zero-order valence-electron chi connectivity index (χ0n) is 19.4. The van der Waals surface area contributed by atoms with Gasteiger partial charge in [-0.15, -0.1) is 5.11 Å². The number of phenols is 1. The summed E-state index contributed by atoms with van der Waals surface area (Å²) in [6, 6.07) is 15.6. The number of carbonyl (C=O) groups is 1. The van der Waals surface area contributed by atoms with E-state index in [1.54, 1.807) is 49.4 Å². The highest BCUT2D eigenvalue weighted by molar-refractivity contribution is 7.86. The Labute approximate surface area is 222 Å². The molecular weight excluding hydrogens is 541 g/mol. The maximum absolute atomic E-state index is 13.1. The van der Waals surface area contributed by atoms with Gasteiger partial charge in [-0.1, -0.05) is 47.5 Å². The van der Waals surface area contributed by atoms with E-state index in [0.29, 0.717) is 32.8 Å². The molecule has 0 aliphatic carbocycles. The van der Waals surface area contributed by atoms with Gasteiger partial charge in [0.15, 0.2) is 5.75 Å². The minimum absolute atomic E-state index is 0.0197. The number of nitrogens with one attached hydrogen (secondary N) is 1. The molecule has 0 atom stereocenters. The molecule has 37 heavy (non-hydrogen) atoms. The van der Waals surface area contributed by atoms with Crippen molar-refractivity contribution in [2.24, 2.45) is 10.2 Å². The van der Waals surface area contributed by atoms with Crippen LogP contribution in [0.5, 0.6) is 11.5 Å². The number of azo groups is 1. The number of phenolic OH excluding ortho intramolecular Hbond substituents is 1. The Balaban J connectivity index is 1.77. The van der Waals surface area contributed by atoms with E-state index >= 15 is 0 Å². The zero-order chi connectivity index (χ0) is 26.9. The molecule has 190 valence electrons. The normalized spacial score (nSPS) is 11.7. The fourth-order valence-electron chi connectivity index (χ4n) is 3.58. The van der Waals surface area contributed by atoms with Gasteiger partial charge < -0.3 is 15.2 Å². The van der Waals surface area contributed by atoms with Crippen LogP contribution in [0.3, 0.4) is 0 Å². The number of ether oxygens (including phenoxy) is 1. The Morgan fingerprint density at radius 3 is 2.43 bits per heavy atom. The summed E-state index contributed by atoms with van der Waals surface area (Å²) in [5.74, 6) is -0.661. The monoisotopic (exact) mass is 559 g/mol. The Morgan fingerprint density at radius 2 is 1.73 bits per heavy atom. The third kappa shape index (κ3) is 5.52. The first-order valence-corrected chi connectivity index (χ1v) is 12.8. The van der Waals surface area contributed by atoms with Crippen molar-refractivity contribution in [2.75, 3.05) is 12.4 Å². The summed E-state index contributed by atoms with van der Waals surface area (Å²) in [4.78, 5) is 12.6. The highest BCUT2D eigenvalue weighted by Crippen LogP contribution is 2.40. The van der Waals surface area contributed by atoms with E-state index < -0.39 is 26.7 Å². The number of fused-ring (bicyclic) bond motifs is 1. The number of hydrogen-bond acceptors (Lipinski definition) is 7. The molecule has 12 heteroatoms. The predicted molar refractivity (Wildman–Crippen MR) is 142 cm³/mol. The second-order valence-electron chi connectivity index (χ2n) is 7.89. The van der Waals surface area contributed by atoms with Crippen molar-refractivity contribution < 1.29 is 27.6 Å². The lowest BCUT2D eigenvalue weighted by Crippen LogP contribution is -2.12. The van der Waals surface area contributed by atoms with Crippen LogP contribution >= 0.6 is 23.2 Å². The van der Waals surface area contributed by atoms with Crippen molar-refractivity contribution in [2.45, 2.75) is 11.8 Å². The number of rotatable bonds is 6. The standard InChI is InChI=1S/C25H19Cl2N3O6S/c1-13-9-22(37(33,34)35)19(27)12-20(13)29-30-23-16-6-4-3-5-14(16)10-17(24(23)31)25(32)28-15-7-8-18(26)21(11-15)36-2/h3-12,31H,1-2H3,(H,28,32)(H,33,34,35). The number of anilines is 1. The summed E-state index contributed by atoms with van der Waals surface area (Å²) in [7, 11) is -3.08. The first kappa shape index (κ1) is 26.4. The molecule has 4 aromatic rings. The molecule has 0 aliphatic heterocycles. The van der Waals surface area contributed by atoms with Crippen LogP contribution < -0.4 is 10.1 Å². The van der Waals surface area contributed by atoms with Gasteiger partial charge in [0.1, 0.15) is 16.3 Å². The number of hydrogen-bond donors (Lipinski definition) is 3. The van der Waals surface area contributed by atoms with Crippen molar-refractivity contribution in [3.63, 3.8) is 0 Å². The minimum Gasteiger partial charge on any atom is -0.505 e. The van der Waals surface area contributed by atoms with Crippen molar-refractivity contribution >= 4 is 67.1 Å². The number of amides is 1. The molecular formula is C25H19Cl2N3O6S. The first-order chi connectivity index (χ1) is 17.5. The Morgan fingerprint density at radius 1 is 1.00 bits per heavy atom. The van der Waals surface area contributed by atoms with Crippen molar-refractivity contribution in [1.82, 2.24) is 0 Å². The number of nitrogens with zero attached hydrogens (tertiary/aromatic N) is 2. The van der Waals surface area contributed by atoms with Crippen LogP contribution in [0.1, 0.15) is 15.9 Å². The number of methoxy groups -OCH3 is 1. The van der Waals surface area contributed by atoms with Crippen LogP contribution in [0, 0.1) is 6.92 Å². The van der Waals surface area contributed by atoms with Gasteiger partial charge in [0.2, 0.25) is 0 Å². The molecule has 0 fully saturated rings. The SMILES string of the molecule is COc1cc(NC(=O)c2cc3ccccc3c(N=Nc3cc(Cl)c(S(=O)(=O)O)cc3C)c2O)ccc1Cl. The van der Waals surface area contributed by atoms with E-state index in [-0.39, 0.29) is 22.0 Å². The molecule has 0 heterocycles. The fourth-order valence-corrected chi connectivity index (χ4v) is 4.86. The summed E-state index contributed by atoms with van der Waals surface area (Å²) in [5.41, 5.74) is 0.912. The van der Waals surface area contributed by atoms with Gasteiger partial charge in [0, 0.05) is 17.1 Å². The lowest BCUT2D eigenvalue weighted by atomic mass is 10.0. The molecule has 4 rings (SSSR count). The van der Waals surface area contributed by atoms with Crippen LogP contribution in [0.4, 0.5) is 17.1 Å². The first-order valence-electron chi connectivity index (χ1n) is 10.6. The zero-order valence-corrected chi connectivity index (χ0v) is 21.7.